The van der Waals surface area contributed by atoms with Crippen molar-refractivity contribution < 1.29 is 19.0 Å². The van der Waals surface area contributed by atoms with Crippen molar-refractivity contribution in [2.75, 3.05) is 45.3 Å². The van der Waals surface area contributed by atoms with Crippen molar-refractivity contribution in [3.8, 4) is 5.75 Å². The van der Waals surface area contributed by atoms with Crippen LogP contribution in [0.1, 0.15) is 0 Å². The Labute approximate surface area is 130 Å². The molecule has 0 spiro atoms. The second-order valence-corrected chi connectivity index (χ2v) is 4.42. The second kappa shape index (κ2) is 9.57. The Morgan fingerprint density at radius 1 is 1.38 bits per heavy atom. The number of methoxy groups -OCH3 is 1. The number of halogens is 1. The summed E-state index contributed by atoms with van der Waals surface area (Å²) >= 11 is 0. The van der Waals surface area contributed by atoms with Gasteiger partial charge >= 0.3 is 0 Å². The molecule has 1 unspecified atom stereocenters. The quantitative estimate of drug-likeness (QED) is 0.768. The molecule has 7 heteroatoms. The maximum atomic E-state index is 11.9. The van der Waals surface area contributed by atoms with Gasteiger partial charge in [-0.05, 0) is 24.3 Å². The first-order valence-corrected chi connectivity index (χ1v) is 6.64. The lowest BCUT2D eigenvalue weighted by atomic mass is 10.2. The molecule has 6 nitrogen and oxygen atoms in total. The van der Waals surface area contributed by atoms with Gasteiger partial charge in [-0.1, -0.05) is 0 Å². The average molecular weight is 317 g/mol. The molecule has 1 heterocycles. The predicted molar refractivity (Wildman–Crippen MR) is 82.3 cm³/mol. The highest BCUT2D eigenvalue weighted by Gasteiger charge is 2.21. The zero-order chi connectivity index (χ0) is 14.2. The average Bonchev–Trinajstić information content (AvgIpc) is 2.50. The number of amides is 1. The van der Waals surface area contributed by atoms with Crippen LogP contribution in [0, 0.1) is 0 Å². The zero-order valence-electron chi connectivity index (χ0n) is 12.0. The van der Waals surface area contributed by atoms with Gasteiger partial charge in [0.25, 0.3) is 5.91 Å². The van der Waals surface area contributed by atoms with Gasteiger partial charge in [0.1, 0.15) is 18.5 Å². The number of rotatable bonds is 6. The van der Waals surface area contributed by atoms with Crippen LogP contribution in [0.2, 0.25) is 0 Å². The number of morpholine rings is 1. The number of hydrogen-bond acceptors (Lipinski definition) is 5. The second-order valence-electron chi connectivity index (χ2n) is 4.42. The first-order chi connectivity index (χ1) is 9.79. The molecular weight excluding hydrogens is 296 g/mol. The van der Waals surface area contributed by atoms with Gasteiger partial charge in [0, 0.05) is 25.9 Å². The van der Waals surface area contributed by atoms with E-state index in [0.29, 0.717) is 26.4 Å². The van der Waals surface area contributed by atoms with E-state index in [1.807, 2.05) is 12.1 Å². The normalized spacial score (nSPS) is 17.7. The van der Waals surface area contributed by atoms with Crippen LogP contribution >= 0.6 is 12.4 Å². The molecule has 1 amide bonds. The highest BCUT2D eigenvalue weighted by Crippen LogP contribution is 2.16. The van der Waals surface area contributed by atoms with E-state index in [1.165, 1.54) is 0 Å². The van der Waals surface area contributed by atoms with Gasteiger partial charge in [-0.15, -0.1) is 12.4 Å². The number of carbonyl (C=O) groups excluding carboxylic acids is 1. The number of benzene rings is 1. The van der Waals surface area contributed by atoms with Crippen molar-refractivity contribution >= 4 is 24.0 Å². The summed E-state index contributed by atoms with van der Waals surface area (Å²) < 4.78 is 15.7. The summed E-state index contributed by atoms with van der Waals surface area (Å²) in [6.07, 6.45) is -0.429. The van der Waals surface area contributed by atoms with E-state index in [-0.39, 0.29) is 18.3 Å². The fraction of sp³-hybridized carbons (Fsp3) is 0.500. The molecule has 0 radical (unpaired) electrons. The van der Waals surface area contributed by atoms with Crippen LogP contribution in [0.4, 0.5) is 5.69 Å². The highest BCUT2D eigenvalue weighted by molar-refractivity contribution is 5.94. The highest BCUT2D eigenvalue weighted by atomic mass is 35.5. The third-order valence-corrected chi connectivity index (χ3v) is 2.90. The lowest BCUT2D eigenvalue weighted by Gasteiger charge is -2.22. The Balaban J connectivity index is 0.00000220. The molecule has 1 aromatic carbocycles. The molecule has 0 aliphatic carbocycles. The van der Waals surface area contributed by atoms with Crippen molar-refractivity contribution in [3.05, 3.63) is 24.3 Å². The Kier molecular flexibility index (Phi) is 8.07. The van der Waals surface area contributed by atoms with Crippen molar-refractivity contribution in [2.24, 2.45) is 0 Å². The molecule has 0 bridgehead atoms. The fourth-order valence-corrected chi connectivity index (χ4v) is 1.83. The molecule has 21 heavy (non-hydrogen) atoms. The molecular formula is C14H21ClN2O4. The van der Waals surface area contributed by atoms with Gasteiger partial charge < -0.3 is 24.8 Å². The number of carbonyl (C=O) groups is 1. The largest absolute Gasteiger partial charge is 0.491 e. The summed E-state index contributed by atoms with van der Waals surface area (Å²) in [7, 11) is 1.63. The first kappa shape index (κ1) is 17.7. The van der Waals surface area contributed by atoms with Crippen LogP contribution in [0.3, 0.4) is 0 Å². The van der Waals surface area contributed by atoms with Gasteiger partial charge in [0.15, 0.2) is 0 Å². The molecule has 118 valence electrons. The van der Waals surface area contributed by atoms with Crippen molar-refractivity contribution in [2.45, 2.75) is 6.10 Å². The molecule has 0 saturated carbocycles. The lowest BCUT2D eigenvalue weighted by Crippen LogP contribution is -2.45. The molecule has 1 aliphatic rings. The van der Waals surface area contributed by atoms with E-state index in [1.54, 1.807) is 19.2 Å². The number of hydrogen-bond donors (Lipinski definition) is 2. The van der Waals surface area contributed by atoms with E-state index >= 15 is 0 Å². The van der Waals surface area contributed by atoms with Gasteiger partial charge in [-0.2, -0.15) is 0 Å². The molecule has 1 saturated heterocycles. The summed E-state index contributed by atoms with van der Waals surface area (Å²) in [6.45, 7) is 2.94. The van der Waals surface area contributed by atoms with Gasteiger partial charge in [-0.3, -0.25) is 4.79 Å². The smallest absolute Gasteiger partial charge is 0.254 e. The van der Waals surface area contributed by atoms with E-state index in [4.69, 9.17) is 14.2 Å². The third-order valence-electron chi connectivity index (χ3n) is 2.90. The lowest BCUT2D eigenvalue weighted by molar-refractivity contribution is -0.128. The summed E-state index contributed by atoms with van der Waals surface area (Å²) in [5.41, 5.74) is 0.725. The topological polar surface area (TPSA) is 68.8 Å². The molecule has 1 aromatic rings. The summed E-state index contributed by atoms with van der Waals surface area (Å²) in [5, 5.41) is 5.94. The molecule has 1 aliphatic heterocycles. The van der Waals surface area contributed by atoms with Crippen LogP contribution in [0.25, 0.3) is 0 Å². The Morgan fingerprint density at radius 3 is 2.76 bits per heavy atom. The SMILES string of the molecule is COCCOc1ccc(NC(=O)C2CNCCO2)cc1.Cl. The summed E-state index contributed by atoms with van der Waals surface area (Å²) in [5.74, 6) is 0.612. The Bertz CT molecular complexity index is 421. The molecule has 1 fully saturated rings. The van der Waals surface area contributed by atoms with Crippen molar-refractivity contribution in [1.82, 2.24) is 5.32 Å². The molecule has 2 N–H and O–H groups in total. The molecule has 2 rings (SSSR count). The Morgan fingerprint density at radius 2 is 2.14 bits per heavy atom. The molecule has 0 aromatic heterocycles. The predicted octanol–water partition coefficient (Wildman–Crippen LogP) is 1.06. The number of anilines is 1. The van der Waals surface area contributed by atoms with E-state index in [0.717, 1.165) is 18.0 Å². The van der Waals surface area contributed by atoms with Gasteiger partial charge in [0.2, 0.25) is 0 Å². The van der Waals surface area contributed by atoms with Crippen LogP contribution < -0.4 is 15.4 Å². The Hall–Kier alpha value is -1.34. The van der Waals surface area contributed by atoms with Gasteiger partial charge in [0.05, 0.1) is 13.2 Å². The third kappa shape index (κ3) is 5.89. The minimum atomic E-state index is -0.429. The summed E-state index contributed by atoms with van der Waals surface area (Å²) in [6, 6.07) is 7.23. The van der Waals surface area contributed by atoms with Crippen LogP contribution in [-0.2, 0) is 14.3 Å². The fourth-order valence-electron chi connectivity index (χ4n) is 1.83. The zero-order valence-corrected chi connectivity index (χ0v) is 12.8. The minimum Gasteiger partial charge on any atom is -0.491 e. The minimum absolute atomic E-state index is 0. The van der Waals surface area contributed by atoms with Crippen molar-refractivity contribution in [1.29, 1.82) is 0 Å². The van der Waals surface area contributed by atoms with Crippen molar-refractivity contribution in [3.63, 3.8) is 0 Å². The van der Waals surface area contributed by atoms with E-state index < -0.39 is 6.10 Å². The van der Waals surface area contributed by atoms with Crippen LogP contribution in [-0.4, -0.2) is 52.0 Å². The standard InChI is InChI=1S/C14H20N2O4.ClH/c1-18-8-9-19-12-4-2-11(3-5-12)16-14(17)13-10-15-6-7-20-13;/h2-5,13,15H,6-10H2,1H3,(H,16,17);1H. The van der Waals surface area contributed by atoms with Gasteiger partial charge in [-0.25, -0.2) is 0 Å². The summed E-state index contributed by atoms with van der Waals surface area (Å²) in [4.78, 5) is 11.9. The van der Waals surface area contributed by atoms with E-state index in [9.17, 15) is 4.79 Å². The maximum Gasteiger partial charge on any atom is 0.254 e. The van der Waals surface area contributed by atoms with Crippen LogP contribution in [0.15, 0.2) is 24.3 Å². The number of nitrogens with one attached hydrogen (secondary N) is 2. The molecule has 1 atom stereocenters. The van der Waals surface area contributed by atoms with Crippen LogP contribution in [0.5, 0.6) is 5.75 Å². The monoisotopic (exact) mass is 316 g/mol. The first-order valence-electron chi connectivity index (χ1n) is 6.64. The maximum absolute atomic E-state index is 11.9. The number of ether oxygens (including phenoxy) is 3. The van der Waals surface area contributed by atoms with E-state index in [2.05, 4.69) is 10.6 Å².